The van der Waals surface area contributed by atoms with E-state index in [-0.39, 0.29) is 0 Å². The Morgan fingerprint density at radius 1 is 1.09 bits per heavy atom. The van der Waals surface area contributed by atoms with E-state index in [1.165, 1.54) is 5.56 Å². The summed E-state index contributed by atoms with van der Waals surface area (Å²) in [6.07, 6.45) is 4.45. The van der Waals surface area contributed by atoms with Crippen LogP contribution in [0.1, 0.15) is 12.0 Å². The van der Waals surface area contributed by atoms with E-state index in [4.69, 9.17) is 16.3 Å². The van der Waals surface area contributed by atoms with Gasteiger partial charge in [0.1, 0.15) is 16.7 Å². The highest BCUT2D eigenvalue weighted by Gasteiger charge is 2.16. The van der Waals surface area contributed by atoms with Crippen LogP contribution in [0, 0.1) is 0 Å². The van der Waals surface area contributed by atoms with Crippen molar-refractivity contribution in [1.82, 2.24) is 14.9 Å². The molecule has 0 spiro atoms. The van der Waals surface area contributed by atoms with E-state index >= 15 is 0 Å². The summed E-state index contributed by atoms with van der Waals surface area (Å²) in [5, 5.41) is 0.446. The van der Waals surface area contributed by atoms with Crippen molar-refractivity contribution in [3.05, 3.63) is 47.4 Å². The number of anilines is 1. The van der Waals surface area contributed by atoms with E-state index in [1.807, 2.05) is 12.1 Å². The number of halogens is 1. The van der Waals surface area contributed by atoms with Gasteiger partial charge < -0.3 is 9.64 Å². The maximum atomic E-state index is 5.94. The van der Waals surface area contributed by atoms with E-state index in [2.05, 4.69) is 31.9 Å². The van der Waals surface area contributed by atoms with E-state index in [1.54, 1.807) is 19.5 Å². The molecule has 0 amide bonds. The summed E-state index contributed by atoms with van der Waals surface area (Å²) < 4.78 is 5.21. The number of hydrogen-bond acceptors (Lipinski definition) is 5. The maximum absolute atomic E-state index is 5.94. The van der Waals surface area contributed by atoms with Crippen molar-refractivity contribution < 1.29 is 4.74 Å². The fourth-order valence-corrected chi connectivity index (χ4v) is 2.98. The summed E-state index contributed by atoms with van der Waals surface area (Å²) in [5.41, 5.74) is 1.31. The second-order valence-electron chi connectivity index (χ2n) is 5.66. The fraction of sp³-hybridized carbons (Fsp3) is 0.412. The lowest BCUT2D eigenvalue weighted by atomic mass is 10.2. The third-order valence-electron chi connectivity index (χ3n) is 4.07. The van der Waals surface area contributed by atoms with E-state index in [0.29, 0.717) is 5.15 Å². The van der Waals surface area contributed by atoms with Crippen molar-refractivity contribution in [1.29, 1.82) is 0 Å². The quantitative estimate of drug-likeness (QED) is 0.861. The Labute approximate surface area is 141 Å². The Kier molecular flexibility index (Phi) is 5.31. The number of nitrogens with zero attached hydrogens (tertiary/aromatic N) is 4. The zero-order chi connectivity index (χ0) is 16.1. The minimum absolute atomic E-state index is 0.446. The molecule has 1 fully saturated rings. The Hall–Kier alpha value is -1.85. The molecule has 1 saturated heterocycles. The van der Waals surface area contributed by atoms with Crippen LogP contribution in [-0.2, 0) is 6.54 Å². The van der Waals surface area contributed by atoms with Gasteiger partial charge in [-0.3, -0.25) is 9.88 Å². The second kappa shape index (κ2) is 7.62. The number of hydrogen-bond donors (Lipinski definition) is 0. The molecule has 122 valence electrons. The van der Waals surface area contributed by atoms with Gasteiger partial charge in [0.05, 0.1) is 19.5 Å². The molecule has 1 aromatic carbocycles. The van der Waals surface area contributed by atoms with E-state index in [0.717, 1.165) is 50.7 Å². The number of aromatic nitrogens is 2. The first-order valence-corrected chi connectivity index (χ1v) is 8.20. The molecule has 0 atom stereocenters. The monoisotopic (exact) mass is 332 g/mol. The van der Waals surface area contributed by atoms with Crippen molar-refractivity contribution in [2.24, 2.45) is 0 Å². The fourth-order valence-electron chi connectivity index (χ4n) is 2.83. The van der Waals surface area contributed by atoms with Crippen molar-refractivity contribution >= 4 is 17.4 Å². The first-order valence-electron chi connectivity index (χ1n) is 7.82. The first kappa shape index (κ1) is 16.0. The van der Waals surface area contributed by atoms with Gasteiger partial charge in [-0.05, 0) is 24.1 Å². The maximum Gasteiger partial charge on any atom is 0.149 e. The average molecular weight is 333 g/mol. The molecule has 2 heterocycles. The molecule has 23 heavy (non-hydrogen) atoms. The van der Waals surface area contributed by atoms with Crippen molar-refractivity contribution in [2.45, 2.75) is 13.0 Å². The van der Waals surface area contributed by atoms with Gasteiger partial charge in [-0.1, -0.05) is 23.7 Å². The van der Waals surface area contributed by atoms with Crippen LogP contribution in [0.2, 0.25) is 5.15 Å². The second-order valence-corrected chi connectivity index (χ2v) is 6.05. The molecule has 0 saturated carbocycles. The average Bonchev–Trinajstić information content (AvgIpc) is 2.81. The normalized spacial score (nSPS) is 16.2. The van der Waals surface area contributed by atoms with Gasteiger partial charge in [-0.2, -0.15) is 0 Å². The van der Waals surface area contributed by atoms with Gasteiger partial charge in [-0.25, -0.2) is 4.98 Å². The number of ether oxygens (including phenoxy) is 1. The third kappa shape index (κ3) is 4.33. The molecule has 0 bridgehead atoms. The van der Waals surface area contributed by atoms with Crippen molar-refractivity contribution in [2.75, 3.05) is 38.2 Å². The summed E-state index contributed by atoms with van der Waals surface area (Å²) >= 11 is 5.94. The lowest BCUT2D eigenvalue weighted by Crippen LogP contribution is -2.31. The largest absolute Gasteiger partial charge is 0.497 e. The highest BCUT2D eigenvalue weighted by Crippen LogP contribution is 2.17. The predicted molar refractivity (Wildman–Crippen MR) is 92.1 cm³/mol. The van der Waals surface area contributed by atoms with Gasteiger partial charge in [-0.15, -0.1) is 0 Å². The molecule has 6 heteroatoms. The van der Waals surface area contributed by atoms with E-state index < -0.39 is 0 Å². The molecule has 0 aliphatic carbocycles. The minimum atomic E-state index is 0.446. The zero-order valence-corrected chi connectivity index (χ0v) is 14.0. The van der Waals surface area contributed by atoms with Crippen LogP contribution < -0.4 is 9.64 Å². The highest BCUT2D eigenvalue weighted by atomic mass is 35.5. The van der Waals surface area contributed by atoms with Crippen molar-refractivity contribution in [3.63, 3.8) is 0 Å². The zero-order valence-electron chi connectivity index (χ0n) is 13.3. The Bertz CT molecular complexity index is 635. The highest BCUT2D eigenvalue weighted by molar-refractivity contribution is 6.29. The van der Waals surface area contributed by atoms with Crippen LogP contribution in [0.5, 0.6) is 5.75 Å². The standard InChI is InChI=1S/C17H21ClN4O/c1-23-15-5-3-14(4-6-15)13-21-7-2-8-22(10-9-21)17-12-19-11-16(18)20-17/h3-6,11-12H,2,7-10,13H2,1H3. The summed E-state index contributed by atoms with van der Waals surface area (Å²) in [5.74, 6) is 1.76. The summed E-state index contributed by atoms with van der Waals surface area (Å²) in [7, 11) is 1.69. The van der Waals surface area contributed by atoms with Gasteiger partial charge >= 0.3 is 0 Å². The molecule has 1 aromatic heterocycles. The lowest BCUT2D eigenvalue weighted by molar-refractivity contribution is 0.285. The summed E-state index contributed by atoms with van der Waals surface area (Å²) in [4.78, 5) is 13.2. The Morgan fingerprint density at radius 3 is 2.65 bits per heavy atom. The minimum Gasteiger partial charge on any atom is -0.497 e. The van der Waals surface area contributed by atoms with Crippen LogP contribution in [0.3, 0.4) is 0 Å². The van der Waals surface area contributed by atoms with Crippen LogP contribution in [0.25, 0.3) is 0 Å². The van der Waals surface area contributed by atoms with Gasteiger partial charge in [0.15, 0.2) is 0 Å². The topological polar surface area (TPSA) is 41.5 Å². The van der Waals surface area contributed by atoms with Crippen LogP contribution >= 0.6 is 11.6 Å². The molecular weight excluding hydrogens is 312 g/mol. The molecule has 1 aliphatic rings. The van der Waals surface area contributed by atoms with Gasteiger partial charge in [0.25, 0.3) is 0 Å². The number of rotatable bonds is 4. The van der Waals surface area contributed by atoms with Crippen molar-refractivity contribution in [3.8, 4) is 5.75 Å². The predicted octanol–water partition coefficient (Wildman–Crippen LogP) is 2.85. The van der Waals surface area contributed by atoms with Crippen LogP contribution in [0.15, 0.2) is 36.7 Å². The molecule has 1 aliphatic heterocycles. The molecule has 3 rings (SSSR count). The Balaban J connectivity index is 1.59. The van der Waals surface area contributed by atoms with E-state index in [9.17, 15) is 0 Å². The SMILES string of the molecule is COc1ccc(CN2CCCN(c3cncc(Cl)n3)CC2)cc1. The molecule has 0 radical (unpaired) electrons. The summed E-state index contributed by atoms with van der Waals surface area (Å²) in [6.45, 7) is 4.95. The third-order valence-corrected chi connectivity index (χ3v) is 4.25. The molecular formula is C17H21ClN4O. The first-order chi connectivity index (χ1) is 11.2. The summed E-state index contributed by atoms with van der Waals surface area (Å²) in [6, 6.07) is 8.29. The smallest absolute Gasteiger partial charge is 0.149 e. The molecule has 5 nitrogen and oxygen atoms in total. The van der Waals surface area contributed by atoms with Crippen LogP contribution in [-0.4, -0.2) is 48.2 Å². The molecule has 0 unspecified atom stereocenters. The number of benzene rings is 1. The van der Waals surface area contributed by atoms with Gasteiger partial charge in [0, 0.05) is 32.7 Å². The number of methoxy groups -OCH3 is 1. The molecule has 0 N–H and O–H groups in total. The Morgan fingerprint density at radius 2 is 1.91 bits per heavy atom. The van der Waals surface area contributed by atoms with Gasteiger partial charge in [0.2, 0.25) is 0 Å². The molecule has 2 aromatic rings. The lowest BCUT2D eigenvalue weighted by Gasteiger charge is -2.22. The van der Waals surface area contributed by atoms with Crippen LogP contribution in [0.4, 0.5) is 5.82 Å².